The number of H-pyrrole nitrogens is 1. The van der Waals surface area contributed by atoms with Gasteiger partial charge in [-0.3, -0.25) is 0 Å². The molecule has 29 heavy (non-hydrogen) atoms. The van der Waals surface area contributed by atoms with Crippen LogP contribution < -0.4 is 4.90 Å². The fourth-order valence-electron chi connectivity index (χ4n) is 3.91. The van der Waals surface area contributed by atoms with Crippen molar-refractivity contribution >= 4 is 45.2 Å². The van der Waals surface area contributed by atoms with Gasteiger partial charge in [-0.05, 0) is 47.9 Å². The molecule has 0 amide bonds. The highest BCUT2D eigenvalue weighted by Crippen LogP contribution is 2.38. The Kier molecular flexibility index (Phi) is 3.51. The first-order chi connectivity index (χ1) is 14.3. The minimum atomic E-state index is 0.670. The molecule has 8 heteroatoms. The average Bonchev–Trinajstić information content (AvgIpc) is 3.39. The summed E-state index contributed by atoms with van der Waals surface area (Å²) in [5, 5.41) is 12.4. The van der Waals surface area contributed by atoms with Crippen molar-refractivity contribution in [1.29, 1.82) is 0 Å². The molecule has 3 aromatic heterocycles. The molecule has 1 aliphatic rings. The van der Waals surface area contributed by atoms with E-state index in [9.17, 15) is 0 Å². The van der Waals surface area contributed by atoms with E-state index >= 15 is 0 Å². The third kappa shape index (κ3) is 2.62. The Labute approximate surface area is 170 Å². The first-order valence-electron chi connectivity index (χ1n) is 9.24. The Bertz CT molecular complexity index is 1390. The summed E-state index contributed by atoms with van der Waals surface area (Å²) in [6.45, 7) is 0.860. The van der Waals surface area contributed by atoms with Gasteiger partial charge >= 0.3 is 0 Å². The SMILES string of the molecule is Clc1ccc2c(c1)N(c1ncnc3ccc(-c4cnc5[nH]nnc5c4)cc13)CC2. The first-order valence-corrected chi connectivity index (χ1v) is 9.62. The monoisotopic (exact) mass is 399 g/mol. The van der Waals surface area contributed by atoms with Crippen LogP contribution in [0.4, 0.5) is 11.5 Å². The predicted molar refractivity (Wildman–Crippen MR) is 112 cm³/mol. The van der Waals surface area contributed by atoms with E-state index in [0.29, 0.717) is 5.65 Å². The summed E-state index contributed by atoms with van der Waals surface area (Å²) in [4.78, 5) is 15.7. The van der Waals surface area contributed by atoms with Gasteiger partial charge in [-0.25, -0.2) is 20.1 Å². The molecule has 7 nitrogen and oxygen atoms in total. The molecule has 0 unspecified atom stereocenters. The smallest absolute Gasteiger partial charge is 0.175 e. The van der Waals surface area contributed by atoms with Gasteiger partial charge in [-0.1, -0.05) is 28.9 Å². The summed E-state index contributed by atoms with van der Waals surface area (Å²) >= 11 is 6.26. The molecule has 0 bridgehead atoms. The zero-order valence-corrected chi connectivity index (χ0v) is 15.9. The maximum atomic E-state index is 6.26. The van der Waals surface area contributed by atoms with Crippen molar-refractivity contribution in [3.8, 4) is 11.1 Å². The van der Waals surface area contributed by atoms with Crippen LogP contribution in [-0.4, -0.2) is 36.9 Å². The number of pyridine rings is 1. The molecule has 1 N–H and O–H groups in total. The lowest BCUT2D eigenvalue weighted by Gasteiger charge is -2.20. The number of anilines is 2. The van der Waals surface area contributed by atoms with Crippen LogP contribution in [0.25, 0.3) is 33.2 Å². The summed E-state index contributed by atoms with van der Waals surface area (Å²) in [5.41, 5.74) is 6.67. The molecule has 140 valence electrons. The number of rotatable bonds is 2. The van der Waals surface area contributed by atoms with Crippen LogP contribution in [0.3, 0.4) is 0 Å². The Morgan fingerprint density at radius 2 is 1.90 bits per heavy atom. The number of hydrogen-bond donors (Lipinski definition) is 1. The fraction of sp³-hybridized carbons (Fsp3) is 0.0952. The molecule has 0 atom stereocenters. The lowest BCUT2D eigenvalue weighted by molar-refractivity contribution is 0.954. The molecule has 6 rings (SSSR count). The summed E-state index contributed by atoms with van der Waals surface area (Å²) < 4.78 is 0. The highest BCUT2D eigenvalue weighted by atomic mass is 35.5. The highest BCUT2D eigenvalue weighted by Gasteiger charge is 2.23. The van der Waals surface area contributed by atoms with Crippen LogP contribution in [0, 0.1) is 0 Å². The van der Waals surface area contributed by atoms with Gasteiger partial charge in [0, 0.05) is 34.4 Å². The summed E-state index contributed by atoms with van der Waals surface area (Å²) in [5.74, 6) is 0.883. The molecule has 0 saturated carbocycles. The molecular formula is C21H14ClN7. The predicted octanol–water partition coefficient (Wildman–Crippen LogP) is 4.31. The highest BCUT2D eigenvalue weighted by molar-refractivity contribution is 6.31. The van der Waals surface area contributed by atoms with Gasteiger partial charge in [0.15, 0.2) is 5.65 Å². The van der Waals surface area contributed by atoms with E-state index in [-0.39, 0.29) is 0 Å². The van der Waals surface area contributed by atoms with Crippen molar-refractivity contribution in [2.24, 2.45) is 0 Å². The number of benzene rings is 2. The van der Waals surface area contributed by atoms with Gasteiger partial charge in [-0.2, -0.15) is 0 Å². The van der Waals surface area contributed by atoms with Crippen molar-refractivity contribution in [2.45, 2.75) is 6.42 Å². The maximum Gasteiger partial charge on any atom is 0.175 e. The zero-order chi connectivity index (χ0) is 19.4. The summed E-state index contributed by atoms with van der Waals surface area (Å²) in [7, 11) is 0. The van der Waals surface area contributed by atoms with E-state index in [1.807, 2.05) is 36.5 Å². The lowest BCUT2D eigenvalue weighted by atomic mass is 10.0. The van der Waals surface area contributed by atoms with E-state index < -0.39 is 0 Å². The van der Waals surface area contributed by atoms with Gasteiger partial charge in [-0.15, -0.1) is 5.10 Å². The van der Waals surface area contributed by atoms with Crippen LogP contribution in [0.15, 0.2) is 55.0 Å². The molecule has 0 fully saturated rings. The standard InChI is InChI=1S/C21H14ClN7/c22-15-3-1-12-5-6-29(19(12)9-15)21-16-7-13(2-4-17(16)24-11-25-21)14-8-18-20(23-10-14)27-28-26-18/h1-4,7-11H,5-6H2,(H,23,26,27,28). The van der Waals surface area contributed by atoms with E-state index in [0.717, 1.165) is 57.0 Å². The first kappa shape index (κ1) is 16.4. The molecule has 5 aromatic rings. The van der Waals surface area contributed by atoms with Crippen molar-refractivity contribution in [3.05, 3.63) is 65.6 Å². The Morgan fingerprint density at radius 3 is 2.86 bits per heavy atom. The number of nitrogens with zero attached hydrogens (tertiary/aromatic N) is 6. The Hall–Kier alpha value is -3.58. The molecule has 0 saturated heterocycles. The van der Waals surface area contributed by atoms with Crippen LogP contribution in [0.1, 0.15) is 5.56 Å². The van der Waals surface area contributed by atoms with Crippen molar-refractivity contribution in [1.82, 2.24) is 30.4 Å². The second-order valence-electron chi connectivity index (χ2n) is 7.01. The largest absolute Gasteiger partial charge is 0.325 e. The Morgan fingerprint density at radius 1 is 0.931 bits per heavy atom. The lowest BCUT2D eigenvalue weighted by Crippen LogP contribution is -2.15. The second kappa shape index (κ2) is 6.22. The van der Waals surface area contributed by atoms with Gasteiger partial charge in [0.05, 0.1) is 5.52 Å². The van der Waals surface area contributed by atoms with Crippen LogP contribution >= 0.6 is 11.6 Å². The number of nitrogens with one attached hydrogen (secondary N) is 1. The topological polar surface area (TPSA) is 83.5 Å². The van der Waals surface area contributed by atoms with E-state index in [4.69, 9.17) is 11.6 Å². The number of aromatic nitrogens is 6. The molecule has 0 spiro atoms. The second-order valence-corrected chi connectivity index (χ2v) is 7.44. The van der Waals surface area contributed by atoms with Crippen LogP contribution in [0.2, 0.25) is 5.02 Å². The fourth-order valence-corrected chi connectivity index (χ4v) is 4.08. The van der Waals surface area contributed by atoms with Crippen molar-refractivity contribution < 1.29 is 0 Å². The average molecular weight is 400 g/mol. The number of aromatic amines is 1. The third-order valence-electron chi connectivity index (χ3n) is 5.33. The minimum Gasteiger partial charge on any atom is -0.325 e. The van der Waals surface area contributed by atoms with Crippen molar-refractivity contribution in [3.63, 3.8) is 0 Å². The van der Waals surface area contributed by atoms with E-state index in [2.05, 4.69) is 47.4 Å². The quantitative estimate of drug-likeness (QED) is 0.476. The van der Waals surface area contributed by atoms with Gasteiger partial charge in [0.1, 0.15) is 17.7 Å². The normalized spacial score (nSPS) is 13.3. The maximum absolute atomic E-state index is 6.26. The number of halogens is 1. The van der Waals surface area contributed by atoms with E-state index in [1.54, 1.807) is 6.33 Å². The van der Waals surface area contributed by atoms with Gasteiger partial charge in [0.2, 0.25) is 0 Å². The van der Waals surface area contributed by atoms with Gasteiger partial charge in [0.25, 0.3) is 0 Å². The third-order valence-corrected chi connectivity index (χ3v) is 5.56. The molecule has 1 aliphatic heterocycles. The van der Waals surface area contributed by atoms with Crippen molar-refractivity contribution in [2.75, 3.05) is 11.4 Å². The molecule has 0 radical (unpaired) electrons. The number of hydrogen-bond acceptors (Lipinski definition) is 6. The van der Waals surface area contributed by atoms with Crippen LogP contribution in [-0.2, 0) is 6.42 Å². The molecular weight excluding hydrogens is 386 g/mol. The van der Waals surface area contributed by atoms with Crippen LogP contribution in [0.5, 0.6) is 0 Å². The molecule has 4 heterocycles. The van der Waals surface area contributed by atoms with E-state index in [1.165, 1.54) is 5.56 Å². The molecule has 0 aliphatic carbocycles. The Balaban J connectivity index is 1.52. The number of fused-ring (bicyclic) bond motifs is 3. The van der Waals surface area contributed by atoms with Gasteiger partial charge < -0.3 is 4.90 Å². The summed E-state index contributed by atoms with van der Waals surface area (Å²) in [6.07, 6.45) is 4.39. The molecule has 2 aromatic carbocycles. The zero-order valence-electron chi connectivity index (χ0n) is 15.2. The minimum absolute atomic E-state index is 0.670. The summed E-state index contributed by atoms with van der Waals surface area (Å²) in [6, 6.07) is 14.2.